The molecule has 1 saturated heterocycles. The molecule has 0 bridgehead atoms. The van der Waals surface area contributed by atoms with Gasteiger partial charge in [-0.1, -0.05) is 0 Å². The topological polar surface area (TPSA) is 95.9 Å². The Hall–Kier alpha value is -4.15. The lowest BCUT2D eigenvalue weighted by Gasteiger charge is -2.36. The number of aliphatic hydroxyl groups is 1. The number of nitrogens with one attached hydrogen (secondary N) is 1. The Kier molecular flexibility index (Phi) is 9.71. The first kappa shape index (κ1) is 27.9. The van der Waals surface area contributed by atoms with Gasteiger partial charge in [0.25, 0.3) is 5.91 Å². The number of amides is 1. The second kappa shape index (κ2) is 13.6. The maximum absolute atomic E-state index is 13.2. The van der Waals surface area contributed by atoms with E-state index in [2.05, 4.69) is 20.3 Å². The molecule has 0 aromatic heterocycles. The van der Waals surface area contributed by atoms with Crippen LogP contribution in [0.2, 0.25) is 0 Å². The zero-order valence-corrected chi connectivity index (χ0v) is 22.0. The third-order valence-corrected chi connectivity index (χ3v) is 6.38. The molecule has 1 amide bonds. The van der Waals surface area contributed by atoms with E-state index < -0.39 is 6.10 Å². The summed E-state index contributed by atoms with van der Waals surface area (Å²) >= 11 is 0. The number of nitrogens with zero attached hydrogens (tertiary/aromatic N) is 3. The number of hydrogen-bond donors (Lipinski definition) is 2. The molecule has 1 heterocycles. The summed E-state index contributed by atoms with van der Waals surface area (Å²) in [6.07, 6.45) is 0.859. The molecule has 1 fully saturated rings. The van der Waals surface area contributed by atoms with Crippen molar-refractivity contribution in [2.45, 2.75) is 6.10 Å². The Bertz CT molecular complexity index is 1250. The van der Waals surface area contributed by atoms with Crippen molar-refractivity contribution in [1.29, 1.82) is 0 Å². The van der Waals surface area contributed by atoms with E-state index >= 15 is 0 Å². The summed E-state index contributed by atoms with van der Waals surface area (Å²) < 4.78 is 29.3. The van der Waals surface area contributed by atoms with Crippen LogP contribution in [0.3, 0.4) is 0 Å². The number of ether oxygens (including phenoxy) is 3. The average molecular weight is 537 g/mol. The highest BCUT2D eigenvalue weighted by Gasteiger charge is 2.20. The van der Waals surface area contributed by atoms with Gasteiger partial charge >= 0.3 is 0 Å². The van der Waals surface area contributed by atoms with Gasteiger partial charge in [-0.3, -0.25) is 9.69 Å². The van der Waals surface area contributed by atoms with Crippen molar-refractivity contribution in [3.8, 4) is 17.2 Å². The molecule has 9 nitrogen and oxygen atoms in total. The Labute approximate surface area is 227 Å². The number of methoxy groups -OCH3 is 2. The molecular weight excluding hydrogens is 503 g/mol. The Balaban J connectivity index is 1.18. The van der Waals surface area contributed by atoms with Crippen LogP contribution in [0.25, 0.3) is 0 Å². The van der Waals surface area contributed by atoms with E-state index in [9.17, 15) is 14.3 Å². The zero-order valence-electron chi connectivity index (χ0n) is 22.0. The number of hydrogen-bond acceptors (Lipinski definition) is 8. The molecule has 0 aliphatic carbocycles. The van der Waals surface area contributed by atoms with Gasteiger partial charge < -0.3 is 24.2 Å². The number of anilines is 1. The third-order valence-electron chi connectivity index (χ3n) is 6.38. The second-order valence-electron chi connectivity index (χ2n) is 9.07. The minimum absolute atomic E-state index is 0.138. The predicted octanol–water partition coefficient (Wildman–Crippen LogP) is 3.17. The van der Waals surface area contributed by atoms with Gasteiger partial charge in [0.2, 0.25) is 0 Å². The summed E-state index contributed by atoms with van der Waals surface area (Å²) in [4.78, 5) is 16.8. The standard InChI is InChI=1S/C29H33FN4O5/c1-37-27-12-3-21(17-28(27)38-2)18-31-32-29(36)22-4-10-26(11-5-22)39-20-25(35)19-33-13-15-34(16-14-33)24-8-6-23(30)7-9-24/h3-12,17-18,25,35H,13-16,19-20H2,1-2H3,(H,32,36)/b31-18-/t25-/m0/s1. The lowest BCUT2D eigenvalue weighted by Crippen LogP contribution is -2.49. The summed E-state index contributed by atoms with van der Waals surface area (Å²) in [5, 5.41) is 14.5. The van der Waals surface area contributed by atoms with Crippen LogP contribution in [0.1, 0.15) is 15.9 Å². The van der Waals surface area contributed by atoms with Gasteiger partial charge in [-0.05, 0) is 72.3 Å². The Morgan fingerprint density at radius 2 is 1.69 bits per heavy atom. The average Bonchev–Trinajstić information content (AvgIpc) is 2.97. The molecule has 206 valence electrons. The highest BCUT2D eigenvalue weighted by atomic mass is 19.1. The van der Waals surface area contributed by atoms with Gasteiger partial charge in [-0.15, -0.1) is 0 Å². The maximum Gasteiger partial charge on any atom is 0.271 e. The number of piperazine rings is 1. The van der Waals surface area contributed by atoms with Crippen molar-refractivity contribution in [1.82, 2.24) is 10.3 Å². The molecule has 0 radical (unpaired) electrons. The van der Waals surface area contributed by atoms with Crippen LogP contribution in [0.4, 0.5) is 10.1 Å². The monoisotopic (exact) mass is 536 g/mol. The fourth-order valence-electron chi connectivity index (χ4n) is 4.25. The predicted molar refractivity (Wildman–Crippen MR) is 148 cm³/mol. The van der Waals surface area contributed by atoms with Crippen molar-refractivity contribution >= 4 is 17.8 Å². The number of hydrazone groups is 1. The minimum atomic E-state index is -0.656. The van der Waals surface area contributed by atoms with Crippen LogP contribution in [0, 0.1) is 5.82 Å². The molecule has 1 aliphatic rings. The van der Waals surface area contributed by atoms with Crippen LogP contribution >= 0.6 is 0 Å². The van der Waals surface area contributed by atoms with Crippen molar-refractivity contribution in [2.24, 2.45) is 5.10 Å². The number of halogens is 1. The summed E-state index contributed by atoms with van der Waals surface area (Å²) in [5.41, 5.74) is 4.66. The highest BCUT2D eigenvalue weighted by molar-refractivity contribution is 5.95. The summed E-state index contributed by atoms with van der Waals surface area (Å²) in [7, 11) is 3.11. The molecule has 0 saturated carbocycles. The molecule has 10 heteroatoms. The molecule has 3 aromatic rings. The number of rotatable bonds is 11. The number of carbonyl (C=O) groups excluding carboxylic acids is 1. The summed E-state index contributed by atoms with van der Waals surface area (Å²) in [6, 6.07) is 18.5. The number of carbonyl (C=O) groups is 1. The van der Waals surface area contributed by atoms with Gasteiger partial charge in [0.05, 0.1) is 20.4 Å². The van der Waals surface area contributed by atoms with E-state index in [4.69, 9.17) is 14.2 Å². The molecule has 3 aromatic carbocycles. The van der Waals surface area contributed by atoms with Crippen molar-refractivity contribution < 1.29 is 28.5 Å². The Morgan fingerprint density at radius 1 is 1.00 bits per heavy atom. The van der Waals surface area contributed by atoms with Crippen molar-refractivity contribution in [3.63, 3.8) is 0 Å². The first-order valence-electron chi connectivity index (χ1n) is 12.6. The van der Waals surface area contributed by atoms with Crippen molar-refractivity contribution in [2.75, 3.05) is 58.5 Å². The van der Waals surface area contributed by atoms with E-state index in [-0.39, 0.29) is 18.3 Å². The van der Waals surface area contributed by atoms with Gasteiger partial charge in [-0.2, -0.15) is 5.10 Å². The lowest BCUT2D eigenvalue weighted by atomic mass is 10.2. The molecule has 0 unspecified atom stereocenters. The zero-order chi connectivity index (χ0) is 27.6. The Morgan fingerprint density at radius 3 is 2.36 bits per heavy atom. The molecular formula is C29H33FN4O5. The van der Waals surface area contributed by atoms with Gasteiger partial charge in [-0.25, -0.2) is 9.82 Å². The normalized spacial score (nSPS) is 14.7. The number of benzene rings is 3. The van der Waals surface area contributed by atoms with Crippen molar-refractivity contribution in [3.05, 3.63) is 83.7 Å². The molecule has 2 N–H and O–H groups in total. The van der Waals surface area contributed by atoms with Crippen LogP contribution in [-0.2, 0) is 0 Å². The third kappa shape index (κ3) is 7.92. The maximum atomic E-state index is 13.2. The quantitative estimate of drug-likeness (QED) is 0.287. The van der Waals surface area contributed by atoms with Crippen LogP contribution < -0.4 is 24.5 Å². The smallest absolute Gasteiger partial charge is 0.271 e. The molecule has 4 rings (SSSR count). The molecule has 1 atom stereocenters. The van der Waals surface area contributed by atoms with E-state index in [0.29, 0.717) is 29.4 Å². The summed E-state index contributed by atoms with van der Waals surface area (Å²) in [5.74, 6) is 1.13. The highest BCUT2D eigenvalue weighted by Crippen LogP contribution is 2.26. The second-order valence-corrected chi connectivity index (χ2v) is 9.07. The summed E-state index contributed by atoms with van der Waals surface area (Å²) in [6.45, 7) is 3.84. The van der Waals surface area contributed by atoms with E-state index in [1.165, 1.54) is 18.3 Å². The fraction of sp³-hybridized carbons (Fsp3) is 0.310. The van der Waals surface area contributed by atoms with E-state index in [1.54, 1.807) is 68.8 Å². The van der Waals surface area contributed by atoms with Gasteiger partial charge in [0, 0.05) is 44.0 Å². The lowest BCUT2D eigenvalue weighted by molar-refractivity contribution is 0.0663. The van der Waals surface area contributed by atoms with Crippen LogP contribution in [0.15, 0.2) is 71.8 Å². The van der Waals surface area contributed by atoms with E-state index in [1.807, 2.05) is 0 Å². The largest absolute Gasteiger partial charge is 0.493 e. The first-order valence-corrected chi connectivity index (χ1v) is 12.6. The minimum Gasteiger partial charge on any atom is -0.493 e. The molecule has 0 spiro atoms. The first-order chi connectivity index (χ1) is 18.9. The number of β-amino-alcohol motifs (C(OH)–C–C–N with tert-alkyl or cyclic N) is 1. The fourth-order valence-corrected chi connectivity index (χ4v) is 4.25. The van der Waals surface area contributed by atoms with Gasteiger partial charge in [0.15, 0.2) is 11.5 Å². The number of aliphatic hydroxyl groups excluding tert-OH is 1. The SMILES string of the molecule is COc1ccc(/C=N\NC(=O)c2ccc(OC[C@@H](O)CN3CCN(c4ccc(F)cc4)CC3)cc2)cc1OC. The molecule has 39 heavy (non-hydrogen) atoms. The van der Waals surface area contributed by atoms with Crippen LogP contribution in [-0.4, -0.2) is 81.8 Å². The molecule has 1 aliphatic heterocycles. The van der Waals surface area contributed by atoms with E-state index in [0.717, 1.165) is 37.4 Å². The van der Waals surface area contributed by atoms with Gasteiger partial charge in [0.1, 0.15) is 24.3 Å². The van der Waals surface area contributed by atoms with Crippen LogP contribution in [0.5, 0.6) is 17.2 Å².